The van der Waals surface area contributed by atoms with Gasteiger partial charge in [0.1, 0.15) is 11.4 Å². The highest BCUT2D eigenvalue weighted by Crippen LogP contribution is 2.27. The average Bonchev–Trinajstić information content (AvgIpc) is 3.25. The van der Waals surface area contributed by atoms with Gasteiger partial charge in [0.05, 0.1) is 6.20 Å². The molecular weight excluding hydrogens is 394 g/mol. The third-order valence-corrected chi connectivity index (χ3v) is 5.28. The van der Waals surface area contributed by atoms with Crippen molar-refractivity contribution in [2.24, 2.45) is 0 Å². The summed E-state index contributed by atoms with van der Waals surface area (Å²) >= 11 is 6.02. The number of halogens is 1. The summed E-state index contributed by atoms with van der Waals surface area (Å²) in [5.74, 6) is 1.48. The Balaban J connectivity index is 1.37. The number of piperidine rings is 1. The van der Waals surface area contributed by atoms with E-state index in [4.69, 9.17) is 20.9 Å². The van der Waals surface area contributed by atoms with Gasteiger partial charge in [-0.05, 0) is 43.5 Å². The molecule has 1 aromatic carbocycles. The zero-order valence-electron chi connectivity index (χ0n) is 15.9. The van der Waals surface area contributed by atoms with Crippen LogP contribution >= 0.6 is 11.6 Å². The van der Waals surface area contributed by atoms with E-state index >= 15 is 0 Å². The van der Waals surface area contributed by atoms with E-state index in [0.717, 1.165) is 18.4 Å². The lowest BCUT2D eigenvalue weighted by Crippen LogP contribution is -2.41. The van der Waals surface area contributed by atoms with Crippen LogP contribution in [0.4, 0.5) is 0 Å². The number of aromatic nitrogens is 4. The molecule has 0 aliphatic carbocycles. The van der Waals surface area contributed by atoms with Crippen LogP contribution in [0.25, 0.3) is 11.6 Å². The fourth-order valence-electron chi connectivity index (χ4n) is 3.27. The largest absolute Gasteiger partial charge is 0.484 e. The number of hydrogen-bond donors (Lipinski definition) is 0. The normalized spacial score (nSPS) is 16.6. The molecule has 8 nitrogen and oxygen atoms in total. The van der Waals surface area contributed by atoms with Crippen molar-refractivity contribution in [3.63, 3.8) is 0 Å². The summed E-state index contributed by atoms with van der Waals surface area (Å²) in [6.45, 7) is 3.09. The Morgan fingerprint density at radius 3 is 3.07 bits per heavy atom. The predicted octanol–water partition coefficient (Wildman–Crippen LogP) is 3.27. The van der Waals surface area contributed by atoms with Crippen LogP contribution in [0.2, 0.25) is 5.02 Å². The molecule has 2 aromatic heterocycles. The molecule has 0 N–H and O–H groups in total. The summed E-state index contributed by atoms with van der Waals surface area (Å²) in [5.41, 5.74) is 1.44. The van der Waals surface area contributed by atoms with Crippen LogP contribution in [-0.4, -0.2) is 50.6 Å². The molecule has 9 heteroatoms. The van der Waals surface area contributed by atoms with Crippen molar-refractivity contribution in [1.82, 2.24) is 25.0 Å². The van der Waals surface area contributed by atoms with Gasteiger partial charge in [0.2, 0.25) is 0 Å². The van der Waals surface area contributed by atoms with E-state index in [1.54, 1.807) is 35.6 Å². The number of ether oxygens (including phenoxy) is 1. The highest BCUT2D eigenvalue weighted by molar-refractivity contribution is 6.31. The molecule has 3 heterocycles. The molecule has 1 amide bonds. The van der Waals surface area contributed by atoms with Gasteiger partial charge in [-0.2, -0.15) is 4.98 Å². The molecule has 29 heavy (non-hydrogen) atoms. The maximum Gasteiger partial charge on any atom is 0.278 e. The molecule has 1 aliphatic rings. The molecular formula is C20H20ClN5O3. The van der Waals surface area contributed by atoms with Crippen molar-refractivity contribution in [1.29, 1.82) is 0 Å². The second-order valence-electron chi connectivity index (χ2n) is 6.93. The van der Waals surface area contributed by atoms with Crippen LogP contribution in [0.5, 0.6) is 5.75 Å². The first-order valence-electron chi connectivity index (χ1n) is 9.37. The van der Waals surface area contributed by atoms with E-state index in [1.807, 2.05) is 13.0 Å². The van der Waals surface area contributed by atoms with Gasteiger partial charge in [-0.25, -0.2) is 4.98 Å². The summed E-state index contributed by atoms with van der Waals surface area (Å²) in [7, 11) is 0. The summed E-state index contributed by atoms with van der Waals surface area (Å²) in [4.78, 5) is 27.0. The highest BCUT2D eigenvalue weighted by atomic mass is 35.5. The quantitative estimate of drug-likeness (QED) is 0.633. The lowest BCUT2D eigenvalue weighted by Gasteiger charge is -2.31. The van der Waals surface area contributed by atoms with Crippen LogP contribution in [0.3, 0.4) is 0 Å². The molecule has 1 atom stereocenters. The van der Waals surface area contributed by atoms with Crippen molar-refractivity contribution in [2.45, 2.75) is 25.7 Å². The SMILES string of the molecule is Cc1cc(OCC(=O)N2CCC[C@@H](c3noc(-c4cnccn4)n3)C2)ccc1Cl. The zero-order chi connectivity index (χ0) is 20.2. The molecule has 1 saturated heterocycles. The van der Waals surface area contributed by atoms with Crippen LogP contribution in [-0.2, 0) is 4.79 Å². The minimum Gasteiger partial charge on any atom is -0.484 e. The van der Waals surface area contributed by atoms with Gasteiger partial charge in [0, 0.05) is 36.4 Å². The van der Waals surface area contributed by atoms with E-state index in [2.05, 4.69) is 20.1 Å². The second-order valence-corrected chi connectivity index (χ2v) is 7.33. The molecule has 0 saturated carbocycles. The van der Waals surface area contributed by atoms with Crippen molar-refractivity contribution < 1.29 is 14.1 Å². The fraction of sp³-hybridized carbons (Fsp3) is 0.350. The predicted molar refractivity (Wildman–Crippen MR) is 106 cm³/mol. The summed E-state index contributed by atoms with van der Waals surface area (Å²) in [6.07, 6.45) is 6.48. The number of likely N-dealkylation sites (tertiary alicyclic amines) is 1. The van der Waals surface area contributed by atoms with E-state index in [9.17, 15) is 4.79 Å². The number of amides is 1. The lowest BCUT2D eigenvalue weighted by atomic mass is 9.97. The Labute approximate surface area is 172 Å². The molecule has 150 valence electrons. The fourth-order valence-corrected chi connectivity index (χ4v) is 3.39. The molecule has 0 radical (unpaired) electrons. The van der Waals surface area contributed by atoms with Crippen LogP contribution in [0, 0.1) is 6.92 Å². The molecule has 0 spiro atoms. The minimum atomic E-state index is -0.0695. The van der Waals surface area contributed by atoms with E-state index in [0.29, 0.717) is 41.3 Å². The van der Waals surface area contributed by atoms with Crippen molar-refractivity contribution >= 4 is 17.5 Å². The van der Waals surface area contributed by atoms with E-state index in [-0.39, 0.29) is 18.4 Å². The van der Waals surface area contributed by atoms with Crippen molar-refractivity contribution in [2.75, 3.05) is 19.7 Å². The number of carbonyl (C=O) groups is 1. The van der Waals surface area contributed by atoms with Gasteiger partial charge in [-0.15, -0.1) is 0 Å². The molecule has 1 aliphatic heterocycles. The number of aryl methyl sites for hydroxylation is 1. The monoisotopic (exact) mass is 413 g/mol. The summed E-state index contributed by atoms with van der Waals surface area (Å²) in [6, 6.07) is 5.34. The van der Waals surface area contributed by atoms with E-state index in [1.165, 1.54) is 0 Å². The maximum atomic E-state index is 12.6. The van der Waals surface area contributed by atoms with Crippen LogP contribution < -0.4 is 4.74 Å². The van der Waals surface area contributed by atoms with Gasteiger partial charge in [0.15, 0.2) is 12.4 Å². The topological polar surface area (TPSA) is 94.2 Å². The average molecular weight is 414 g/mol. The molecule has 4 rings (SSSR count). The molecule has 3 aromatic rings. The third kappa shape index (κ3) is 4.54. The zero-order valence-corrected chi connectivity index (χ0v) is 16.7. The summed E-state index contributed by atoms with van der Waals surface area (Å²) in [5, 5.41) is 4.76. The van der Waals surface area contributed by atoms with Gasteiger partial charge in [0.25, 0.3) is 11.8 Å². The lowest BCUT2D eigenvalue weighted by molar-refractivity contribution is -0.134. The van der Waals surface area contributed by atoms with Gasteiger partial charge >= 0.3 is 0 Å². The number of rotatable bonds is 5. The molecule has 0 bridgehead atoms. The van der Waals surface area contributed by atoms with Crippen molar-refractivity contribution in [3.8, 4) is 17.3 Å². The second kappa shape index (κ2) is 8.57. The Kier molecular flexibility index (Phi) is 5.71. The van der Waals surface area contributed by atoms with Crippen molar-refractivity contribution in [3.05, 3.63) is 53.2 Å². The van der Waals surface area contributed by atoms with Crippen LogP contribution in [0.15, 0.2) is 41.3 Å². The first-order valence-corrected chi connectivity index (χ1v) is 9.74. The first kappa shape index (κ1) is 19.3. The van der Waals surface area contributed by atoms with E-state index < -0.39 is 0 Å². The number of benzene rings is 1. The van der Waals surface area contributed by atoms with Gasteiger partial charge in [-0.3, -0.25) is 9.78 Å². The van der Waals surface area contributed by atoms with Gasteiger partial charge < -0.3 is 14.2 Å². The Morgan fingerprint density at radius 2 is 2.28 bits per heavy atom. The first-order chi connectivity index (χ1) is 14.1. The third-order valence-electron chi connectivity index (χ3n) is 4.85. The molecule has 1 fully saturated rings. The standard InChI is InChI=1S/C20H20ClN5O3/c1-13-9-15(4-5-16(13)21)28-12-18(27)26-8-2-3-14(11-26)19-24-20(29-25-19)17-10-22-6-7-23-17/h4-7,9-10,14H,2-3,8,11-12H2,1H3/t14-/m1/s1. The number of hydrogen-bond acceptors (Lipinski definition) is 7. The smallest absolute Gasteiger partial charge is 0.278 e. The Hall–Kier alpha value is -3.00. The Bertz CT molecular complexity index is 995. The minimum absolute atomic E-state index is 0.0136. The number of nitrogens with zero attached hydrogens (tertiary/aromatic N) is 5. The Morgan fingerprint density at radius 1 is 1.38 bits per heavy atom. The van der Waals surface area contributed by atoms with Gasteiger partial charge in [-0.1, -0.05) is 16.8 Å². The molecule has 0 unspecified atom stereocenters. The summed E-state index contributed by atoms with van der Waals surface area (Å²) < 4.78 is 11.0. The number of carbonyl (C=O) groups excluding carboxylic acids is 1. The highest BCUT2D eigenvalue weighted by Gasteiger charge is 2.28. The maximum absolute atomic E-state index is 12.6. The van der Waals surface area contributed by atoms with Crippen LogP contribution in [0.1, 0.15) is 30.1 Å².